The number of nitrogens with two attached hydrogens (primary N) is 1. The minimum atomic E-state index is -0.311. The molecule has 2 rings (SSSR count). The number of nitrogens with zero attached hydrogens (tertiary/aromatic N) is 1. The molecule has 1 aromatic carbocycles. The Morgan fingerprint density at radius 3 is 2.57 bits per heavy atom. The summed E-state index contributed by atoms with van der Waals surface area (Å²) >= 11 is 3.30. The Morgan fingerprint density at radius 2 is 1.95 bits per heavy atom. The van der Waals surface area contributed by atoms with E-state index >= 15 is 0 Å². The summed E-state index contributed by atoms with van der Waals surface area (Å²) in [6.45, 7) is 0. The highest BCUT2D eigenvalue weighted by molar-refractivity contribution is 9.10. The van der Waals surface area contributed by atoms with Gasteiger partial charge in [-0.3, -0.25) is 4.79 Å². The van der Waals surface area contributed by atoms with E-state index in [1.807, 2.05) is 0 Å². The van der Waals surface area contributed by atoms with Crippen LogP contribution < -0.4 is 20.5 Å². The topological polar surface area (TPSA) is 86.5 Å². The van der Waals surface area contributed by atoms with Crippen molar-refractivity contribution in [3.8, 4) is 11.5 Å². The maximum atomic E-state index is 12.2. The lowest BCUT2D eigenvalue weighted by Crippen LogP contribution is -2.13. The number of benzene rings is 1. The second-order valence-electron chi connectivity index (χ2n) is 4.12. The number of carbonyl (C=O) groups excluding carboxylic acids is 1. The summed E-state index contributed by atoms with van der Waals surface area (Å²) in [5.41, 5.74) is 6.54. The molecule has 0 aliphatic carbocycles. The van der Waals surface area contributed by atoms with Crippen molar-refractivity contribution in [2.45, 2.75) is 0 Å². The van der Waals surface area contributed by atoms with Gasteiger partial charge in [-0.05, 0) is 40.2 Å². The molecular formula is C14H14BrN3O3. The van der Waals surface area contributed by atoms with Gasteiger partial charge in [0.15, 0.2) is 11.5 Å². The summed E-state index contributed by atoms with van der Waals surface area (Å²) in [4.78, 5) is 16.3. The Kier molecular flexibility index (Phi) is 4.64. The molecule has 21 heavy (non-hydrogen) atoms. The Morgan fingerprint density at radius 1 is 1.24 bits per heavy atom. The first kappa shape index (κ1) is 15.1. The molecule has 0 aliphatic heterocycles. The van der Waals surface area contributed by atoms with Crippen LogP contribution in [0.4, 0.5) is 11.5 Å². The van der Waals surface area contributed by atoms with Gasteiger partial charge in [-0.25, -0.2) is 4.98 Å². The van der Waals surface area contributed by atoms with Crippen molar-refractivity contribution in [1.29, 1.82) is 0 Å². The molecule has 1 heterocycles. The van der Waals surface area contributed by atoms with Gasteiger partial charge in [0.25, 0.3) is 5.91 Å². The molecule has 1 aromatic heterocycles. The number of nitrogens with one attached hydrogen (secondary N) is 1. The van der Waals surface area contributed by atoms with Gasteiger partial charge < -0.3 is 20.5 Å². The lowest BCUT2D eigenvalue weighted by Gasteiger charge is -2.10. The number of rotatable bonds is 4. The van der Waals surface area contributed by atoms with E-state index in [0.717, 1.165) is 0 Å². The van der Waals surface area contributed by atoms with Gasteiger partial charge in [0, 0.05) is 5.56 Å². The first-order valence-electron chi connectivity index (χ1n) is 5.99. The van der Waals surface area contributed by atoms with Crippen LogP contribution in [0, 0.1) is 0 Å². The fraction of sp³-hybridized carbons (Fsp3) is 0.143. The highest BCUT2D eigenvalue weighted by Crippen LogP contribution is 2.28. The maximum absolute atomic E-state index is 12.2. The van der Waals surface area contributed by atoms with Gasteiger partial charge in [-0.2, -0.15) is 0 Å². The smallest absolute Gasteiger partial charge is 0.256 e. The van der Waals surface area contributed by atoms with Crippen molar-refractivity contribution < 1.29 is 14.3 Å². The van der Waals surface area contributed by atoms with E-state index in [9.17, 15) is 4.79 Å². The number of nitrogen functional groups attached to an aromatic ring is 1. The molecule has 0 unspecified atom stereocenters. The standard InChI is InChI=1S/C14H14BrN3O3/c1-20-11-4-3-8(5-12(11)21-2)14(19)18-13-10(15)6-9(16)7-17-13/h3-7H,16H2,1-2H3,(H,17,18,19). The van der Waals surface area contributed by atoms with Crippen LogP contribution in [-0.2, 0) is 0 Å². The third kappa shape index (κ3) is 3.43. The Hall–Kier alpha value is -2.28. The molecule has 3 N–H and O–H groups in total. The molecule has 0 atom stereocenters. The van der Waals surface area contributed by atoms with Gasteiger partial charge in [-0.1, -0.05) is 0 Å². The predicted molar refractivity (Wildman–Crippen MR) is 83.8 cm³/mol. The number of aromatic nitrogens is 1. The van der Waals surface area contributed by atoms with Gasteiger partial charge in [0.2, 0.25) is 0 Å². The lowest BCUT2D eigenvalue weighted by molar-refractivity contribution is 0.102. The molecule has 2 aromatic rings. The number of carbonyl (C=O) groups is 1. The summed E-state index contributed by atoms with van der Waals surface area (Å²) in [6.07, 6.45) is 1.47. The molecule has 110 valence electrons. The number of amides is 1. The van der Waals surface area contributed by atoms with Crippen LogP contribution >= 0.6 is 15.9 Å². The monoisotopic (exact) mass is 351 g/mol. The molecule has 6 nitrogen and oxygen atoms in total. The average molecular weight is 352 g/mol. The molecule has 1 amide bonds. The highest BCUT2D eigenvalue weighted by atomic mass is 79.9. The van der Waals surface area contributed by atoms with Crippen LogP contribution in [-0.4, -0.2) is 25.1 Å². The van der Waals surface area contributed by atoms with Crippen LogP contribution in [0.1, 0.15) is 10.4 Å². The van der Waals surface area contributed by atoms with E-state index in [4.69, 9.17) is 15.2 Å². The van der Waals surface area contributed by atoms with Gasteiger partial charge in [-0.15, -0.1) is 0 Å². The molecule has 0 radical (unpaired) electrons. The molecular weight excluding hydrogens is 338 g/mol. The van der Waals surface area contributed by atoms with Gasteiger partial charge >= 0.3 is 0 Å². The first-order chi connectivity index (χ1) is 10.0. The van der Waals surface area contributed by atoms with Crippen LogP contribution in [0.25, 0.3) is 0 Å². The second-order valence-corrected chi connectivity index (χ2v) is 4.98. The van der Waals surface area contributed by atoms with Crippen molar-refractivity contribution in [2.75, 3.05) is 25.3 Å². The van der Waals surface area contributed by atoms with Crippen molar-refractivity contribution in [3.63, 3.8) is 0 Å². The first-order valence-corrected chi connectivity index (χ1v) is 6.79. The SMILES string of the molecule is COc1ccc(C(=O)Nc2ncc(N)cc2Br)cc1OC. The summed E-state index contributed by atoms with van der Waals surface area (Å²) in [7, 11) is 3.05. The normalized spacial score (nSPS) is 10.0. The summed E-state index contributed by atoms with van der Waals surface area (Å²) in [6, 6.07) is 6.57. The van der Waals surface area contributed by atoms with Crippen LogP contribution in [0.2, 0.25) is 0 Å². The minimum Gasteiger partial charge on any atom is -0.493 e. The fourth-order valence-corrected chi connectivity index (χ4v) is 2.17. The zero-order chi connectivity index (χ0) is 15.4. The number of hydrogen-bond acceptors (Lipinski definition) is 5. The molecule has 0 saturated carbocycles. The van der Waals surface area contributed by atoms with Crippen molar-refractivity contribution in [1.82, 2.24) is 4.98 Å². The Labute approximate surface area is 130 Å². The molecule has 0 bridgehead atoms. The molecule has 0 aliphatic rings. The highest BCUT2D eigenvalue weighted by Gasteiger charge is 2.13. The lowest BCUT2D eigenvalue weighted by atomic mass is 10.2. The van der Waals surface area contributed by atoms with E-state index in [1.54, 1.807) is 24.3 Å². The van der Waals surface area contributed by atoms with E-state index in [2.05, 4.69) is 26.2 Å². The van der Waals surface area contributed by atoms with E-state index in [1.165, 1.54) is 20.4 Å². The van der Waals surface area contributed by atoms with Crippen LogP contribution in [0.15, 0.2) is 34.9 Å². The summed E-state index contributed by atoms with van der Waals surface area (Å²) in [5.74, 6) is 1.12. The molecule has 0 spiro atoms. The predicted octanol–water partition coefficient (Wildman–Crippen LogP) is 2.70. The van der Waals surface area contributed by atoms with E-state index in [0.29, 0.717) is 33.0 Å². The average Bonchev–Trinajstić information content (AvgIpc) is 2.49. The largest absolute Gasteiger partial charge is 0.493 e. The summed E-state index contributed by atoms with van der Waals surface area (Å²) in [5, 5.41) is 2.69. The van der Waals surface area contributed by atoms with Crippen molar-refractivity contribution in [2.24, 2.45) is 0 Å². The Bertz CT molecular complexity index is 677. The second kappa shape index (κ2) is 6.45. The van der Waals surface area contributed by atoms with Gasteiger partial charge in [0.05, 0.1) is 30.6 Å². The third-order valence-corrected chi connectivity index (χ3v) is 3.34. The van der Waals surface area contributed by atoms with Gasteiger partial charge in [0.1, 0.15) is 5.82 Å². The minimum absolute atomic E-state index is 0.311. The maximum Gasteiger partial charge on any atom is 0.256 e. The summed E-state index contributed by atoms with van der Waals surface area (Å²) < 4.78 is 10.9. The number of methoxy groups -OCH3 is 2. The zero-order valence-corrected chi connectivity index (χ0v) is 13.1. The Balaban J connectivity index is 2.24. The number of hydrogen-bond donors (Lipinski definition) is 2. The van der Waals surface area contributed by atoms with Crippen LogP contribution in [0.5, 0.6) is 11.5 Å². The van der Waals surface area contributed by atoms with Crippen molar-refractivity contribution >= 4 is 33.3 Å². The van der Waals surface area contributed by atoms with Crippen LogP contribution in [0.3, 0.4) is 0 Å². The molecule has 7 heteroatoms. The number of halogens is 1. The fourth-order valence-electron chi connectivity index (χ4n) is 1.70. The van der Waals surface area contributed by atoms with E-state index < -0.39 is 0 Å². The molecule has 0 fully saturated rings. The molecule has 0 saturated heterocycles. The quantitative estimate of drug-likeness (QED) is 0.884. The number of pyridine rings is 1. The third-order valence-electron chi connectivity index (χ3n) is 2.74. The van der Waals surface area contributed by atoms with E-state index in [-0.39, 0.29) is 5.91 Å². The number of anilines is 2. The zero-order valence-electron chi connectivity index (χ0n) is 11.5. The number of ether oxygens (including phenoxy) is 2. The van der Waals surface area contributed by atoms with Crippen molar-refractivity contribution in [3.05, 3.63) is 40.5 Å².